The van der Waals surface area contributed by atoms with Crippen LogP contribution >= 0.6 is 0 Å². The van der Waals surface area contributed by atoms with Gasteiger partial charge >= 0.3 is 5.97 Å². The van der Waals surface area contributed by atoms with Crippen molar-refractivity contribution in [3.05, 3.63) is 35.4 Å². The highest BCUT2D eigenvalue weighted by molar-refractivity contribution is 5.95. The first kappa shape index (κ1) is 13.2. The second-order valence-electron chi connectivity index (χ2n) is 3.59. The van der Waals surface area contributed by atoms with Gasteiger partial charge in [0.1, 0.15) is 0 Å². The summed E-state index contributed by atoms with van der Waals surface area (Å²) in [6.45, 7) is 1.76. The van der Waals surface area contributed by atoms with Crippen LogP contribution in [0.1, 0.15) is 15.9 Å². The second kappa shape index (κ2) is 6.00. The zero-order valence-corrected chi connectivity index (χ0v) is 9.77. The predicted molar refractivity (Wildman–Crippen MR) is 61.9 cm³/mol. The lowest BCUT2D eigenvalue weighted by atomic mass is 10.1. The number of carbonyl (C=O) groups is 2. The van der Waals surface area contributed by atoms with Crippen molar-refractivity contribution in [2.24, 2.45) is 0 Å². The van der Waals surface area contributed by atoms with Crippen molar-refractivity contribution < 1.29 is 19.4 Å². The molecule has 0 aliphatic rings. The molecule has 1 atom stereocenters. The van der Waals surface area contributed by atoms with Gasteiger partial charge in [0, 0.05) is 12.7 Å². The summed E-state index contributed by atoms with van der Waals surface area (Å²) in [5.41, 5.74) is 1.38. The molecule has 1 aromatic carbocycles. The summed E-state index contributed by atoms with van der Waals surface area (Å²) in [6.07, 6.45) is -1.03. The van der Waals surface area contributed by atoms with Crippen LogP contribution in [-0.4, -0.2) is 36.7 Å². The molecule has 5 nitrogen and oxygen atoms in total. The quantitative estimate of drug-likeness (QED) is 0.795. The van der Waals surface area contributed by atoms with Crippen LogP contribution in [0.3, 0.4) is 0 Å². The molecule has 1 amide bonds. The largest absolute Gasteiger partial charge is 0.479 e. The summed E-state index contributed by atoms with van der Waals surface area (Å²) in [5, 5.41) is 11.3. The number of carboxylic acids is 1. The van der Waals surface area contributed by atoms with Crippen molar-refractivity contribution in [2.75, 3.05) is 13.7 Å². The number of aliphatic carboxylic acids is 1. The van der Waals surface area contributed by atoms with Crippen LogP contribution in [0.2, 0.25) is 0 Å². The smallest absolute Gasteiger partial charge is 0.334 e. The van der Waals surface area contributed by atoms with Crippen LogP contribution in [0, 0.1) is 6.92 Å². The Bertz CT molecular complexity index is 417. The van der Waals surface area contributed by atoms with Gasteiger partial charge in [-0.15, -0.1) is 0 Å². The molecule has 92 valence electrons. The van der Waals surface area contributed by atoms with E-state index >= 15 is 0 Å². The SMILES string of the molecule is COC(CNC(=O)c1ccccc1C)C(=O)O. The summed E-state index contributed by atoms with van der Waals surface area (Å²) < 4.78 is 4.71. The molecule has 5 heteroatoms. The van der Waals surface area contributed by atoms with Gasteiger partial charge in [0.15, 0.2) is 6.10 Å². The number of methoxy groups -OCH3 is 1. The highest BCUT2D eigenvalue weighted by Gasteiger charge is 2.17. The molecule has 2 N–H and O–H groups in total. The molecule has 0 radical (unpaired) electrons. The van der Waals surface area contributed by atoms with E-state index in [-0.39, 0.29) is 12.5 Å². The Morgan fingerprint density at radius 1 is 1.41 bits per heavy atom. The normalized spacial score (nSPS) is 11.9. The van der Waals surface area contributed by atoms with Crippen molar-refractivity contribution in [3.63, 3.8) is 0 Å². The van der Waals surface area contributed by atoms with Gasteiger partial charge in [-0.3, -0.25) is 4.79 Å². The minimum absolute atomic E-state index is 0.0565. The molecule has 0 spiro atoms. The number of carbonyl (C=O) groups excluding carboxylic acids is 1. The predicted octanol–water partition coefficient (Wildman–Crippen LogP) is 0.824. The number of nitrogens with one attached hydrogen (secondary N) is 1. The number of aryl methyl sites for hydroxylation is 1. The Labute approximate surface area is 99.4 Å². The van der Waals surface area contributed by atoms with E-state index in [0.717, 1.165) is 5.56 Å². The van der Waals surface area contributed by atoms with Crippen LogP contribution in [0.15, 0.2) is 24.3 Å². The average Bonchev–Trinajstić information content (AvgIpc) is 2.29. The van der Waals surface area contributed by atoms with Gasteiger partial charge in [-0.25, -0.2) is 4.79 Å². The molecule has 0 saturated heterocycles. The van der Waals surface area contributed by atoms with E-state index in [1.54, 1.807) is 12.1 Å². The molecule has 1 aromatic rings. The fourth-order valence-corrected chi connectivity index (χ4v) is 1.38. The highest BCUT2D eigenvalue weighted by atomic mass is 16.5. The van der Waals surface area contributed by atoms with Gasteiger partial charge in [0.25, 0.3) is 5.91 Å². The Morgan fingerprint density at radius 2 is 2.06 bits per heavy atom. The minimum atomic E-state index is -1.10. The lowest BCUT2D eigenvalue weighted by Crippen LogP contribution is -2.38. The molecular formula is C12H15NO4. The summed E-state index contributed by atoms with van der Waals surface area (Å²) in [4.78, 5) is 22.4. The van der Waals surface area contributed by atoms with Gasteiger partial charge in [-0.05, 0) is 18.6 Å². The first-order valence-corrected chi connectivity index (χ1v) is 5.15. The topological polar surface area (TPSA) is 75.6 Å². The zero-order valence-electron chi connectivity index (χ0n) is 9.77. The summed E-state index contributed by atoms with van der Waals surface area (Å²) in [6, 6.07) is 7.10. The molecule has 0 bridgehead atoms. The van der Waals surface area contributed by atoms with E-state index < -0.39 is 12.1 Å². The number of carboxylic acid groups (broad SMARTS) is 1. The fraction of sp³-hybridized carbons (Fsp3) is 0.333. The van der Waals surface area contributed by atoms with Crippen molar-refractivity contribution in [3.8, 4) is 0 Å². The van der Waals surface area contributed by atoms with E-state index in [4.69, 9.17) is 9.84 Å². The maximum absolute atomic E-state index is 11.7. The highest BCUT2D eigenvalue weighted by Crippen LogP contribution is 2.06. The molecule has 1 rings (SSSR count). The fourth-order valence-electron chi connectivity index (χ4n) is 1.38. The minimum Gasteiger partial charge on any atom is -0.479 e. The molecule has 1 unspecified atom stereocenters. The summed E-state index contributed by atoms with van der Waals surface area (Å²) in [5.74, 6) is -1.40. The zero-order chi connectivity index (χ0) is 12.8. The maximum atomic E-state index is 11.7. The van der Waals surface area contributed by atoms with Gasteiger partial charge < -0.3 is 15.2 Å². The van der Waals surface area contributed by atoms with Crippen molar-refractivity contribution in [2.45, 2.75) is 13.0 Å². The van der Waals surface area contributed by atoms with Crippen molar-refractivity contribution >= 4 is 11.9 Å². The van der Waals surface area contributed by atoms with Crippen LogP contribution in [0.5, 0.6) is 0 Å². The van der Waals surface area contributed by atoms with Crippen molar-refractivity contribution in [1.29, 1.82) is 0 Å². The second-order valence-corrected chi connectivity index (χ2v) is 3.59. The van der Waals surface area contributed by atoms with Gasteiger partial charge in [-0.2, -0.15) is 0 Å². The van der Waals surface area contributed by atoms with E-state index in [1.807, 2.05) is 19.1 Å². The number of amides is 1. The Hall–Kier alpha value is -1.88. The van der Waals surface area contributed by atoms with E-state index in [1.165, 1.54) is 7.11 Å². The number of hydrogen-bond acceptors (Lipinski definition) is 3. The lowest BCUT2D eigenvalue weighted by molar-refractivity contribution is -0.147. The molecule has 17 heavy (non-hydrogen) atoms. The van der Waals surface area contributed by atoms with E-state index in [2.05, 4.69) is 5.32 Å². The molecule has 0 aromatic heterocycles. The number of hydrogen-bond donors (Lipinski definition) is 2. The maximum Gasteiger partial charge on any atom is 0.334 e. The van der Waals surface area contributed by atoms with Crippen LogP contribution in [0.4, 0.5) is 0 Å². The standard InChI is InChI=1S/C12H15NO4/c1-8-5-3-4-6-9(8)11(14)13-7-10(17-2)12(15)16/h3-6,10H,7H2,1-2H3,(H,13,14)(H,15,16). The van der Waals surface area contributed by atoms with Crippen LogP contribution in [-0.2, 0) is 9.53 Å². The van der Waals surface area contributed by atoms with Crippen molar-refractivity contribution in [1.82, 2.24) is 5.32 Å². The number of benzene rings is 1. The molecule has 0 heterocycles. The van der Waals surface area contributed by atoms with Gasteiger partial charge in [0.05, 0.1) is 6.54 Å². The third-order valence-corrected chi connectivity index (χ3v) is 2.40. The third kappa shape index (κ3) is 3.57. The molecule has 0 aliphatic heterocycles. The first-order chi connectivity index (χ1) is 8.06. The third-order valence-electron chi connectivity index (χ3n) is 2.40. The Morgan fingerprint density at radius 3 is 2.59 bits per heavy atom. The monoisotopic (exact) mass is 237 g/mol. The number of ether oxygens (including phenoxy) is 1. The first-order valence-electron chi connectivity index (χ1n) is 5.15. The van der Waals surface area contributed by atoms with E-state index in [0.29, 0.717) is 5.56 Å². The molecule has 0 fully saturated rings. The molecular weight excluding hydrogens is 222 g/mol. The number of rotatable bonds is 5. The van der Waals surface area contributed by atoms with Gasteiger partial charge in [0.2, 0.25) is 0 Å². The molecule has 0 aliphatic carbocycles. The van der Waals surface area contributed by atoms with E-state index in [9.17, 15) is 9.59 Å². The van der Waals surface area contributed by atoms with Crippen LogP contribution in [0.25, 0.3) is 0 Å². The Kier molecular flexibility index (Phi) is 4.66. The average molecular weight is 237 g/mol. The lowest BCUT2D eigenvalue weighted by Gasteiger charge is -2.12. The van der Waals surface area contributed by atoms with Crippen LogP contribution < -0.4 is 5.32 Å². The summed E-state index contributed by atoms with van der Waals surface area (Å²) in [7, 11) is 1.29. The molecule has 0 saturated carbocycles. The summed E-state index contributed by atoms with van der Waals surface area (Å²) >= 11 is 0. The Balaban J connectivity index is 2.62. The van der Waals surface area contributed by atoms with Gasteiger partial charge in [-0.1, -0.05) is 18.2 Å².